The molecule has 0 saturated carbocycles. The van der Waals surface area contributed by atoms with E-state index in [2.05, 4.69) is 16.9 Å². The molecule has 3 heterocycles. The Labute approximate surface area is 104 Å². The summed E-state index contributed by atoms with van der Waals surface area (Å²) < 4.78 is 5.75. The lowest BCUT2D eigenvalue weighted by Crippen LogP contribution is -2.24. The Morgan fingerprint density at radius 2 is 2.25 bits per heavy atom. The topological polar surface area (TPSA) is 35.0 Å². The standard InChI is InChI=1S/C11H13ClN2OS/c1-11(3-2-4-15-11)10-13-8-6-16-5-7(8)9(12)14-10/h2-6H2,1H3. The molecule has 16 heavy (non-hydrogen) atoms. The van der Waals surface area contributed by atoms with Gasteiger partial charge in [0, 0.05) is 23.7 Å². The molecular formula is C11H13ClN2OS. The van der Waals surface area contributed by atoms with Crippen molar-refractivity contribution in [2.24, 2.45) is 0 Å². The summed E-state index contributed by atoms with van der Waals surface area (Å²) in [5, 5.41) is 0.613. The van der Waals surface area contributed by atoms with Gasteiger partial charge in [0.15, 0.2) is 5.82 Å². The molecule has 2 aliphatic rings. The molecule has 5 heteroatoms. The number of hydrogen-bond acceptors (Lipinski definition) is 4. The molecule has 1 atom stereocenters. The minimum atomic E-state index is -0.327. The fourth-order valence-corrected chi connectivity index (χ4v) is 3.58. The molecule has 1 aromatic heterocycles. The van der Waals surface area contributed by atoms with Gasteiger partial charge >= 0.3 is 0 Å². The minimum absolute atomic E-state index is 0.327. The highest BCUT2D eigenvalue weighted by Gasteiger charge is 2.36. The van der Waals surface area contributed by atoms with Gasteiger partial charge in [-0.2, -0.15) is 11.8 Å². The van der Waals surface area contributed by atoms with Gasteiger partial charge in [0.1, 0.15) is 10.8 Å². The van der Waals surface area contributed by atoms with Gasteiger partial charge in [0.25, 0.3) is 0 Å². The van der Waals surface area contributed by atoms with E-state index in [-0.39, 0.29) is 5.60 Å². The van der Waals surface area contributed by atoms with Crippen molar-refractivity contribution < 1.29 is 4.74 Å². The largest absolute Gasteiger partial charge is 0.367 e. The third kappa shape index (κ3) is 1.63. The first kappa shape index (κ1) is 10.8. The average Bonchev–Trinajstić information content (AvgIpc) is 2.86. The molecule has 1 unspecified atom stereocenters. The molecule has 0 amide bonds. The quantitative estimate of drug-likeness (QED) is 0.724. The molecule has 1 saturated heterocycles. The van der Waals surface area contributed by atoms with Gasteiger partial charge < -0.3 is 4.74 Å². The van der Waals surface area contributed by atoms with Crippen molar-refractivity contribution in [2.45, 2.75) is 36.9 Å². The first-order chi connectivity index (χ1) is 7.69. The highest BCUT2D eigenvalue weighted by molar-refractivity contribution is 7.98. The number of fused-ring (bicyclic) bond motifs is 1. The second-order valence-electron chi connectivity index (χ2n) is 4.44. The minimum Gasteiger partial charge on any atom is -0.367 e. The maximum Gasteiger partial charge on any atom is 0.161 e. The number of nitrogens with zero attached hydrogens (tertiary/aromatic N) is 2. The summed E-state index contributed by atoms with van der Waals surface area (Å²) in [5.41, 5.74) is 1.88. The van der Waals surface area contributed by atoms with Crippen LogP contribution in [0.4, 0.5) is 0 Å². The van der Waals surface area contributed by atoms with E-state index < -0.39 is 0 Å². The predicted molar refractivity (Wildman–Crippen MR) is 64.6 cm³/mol. The van der Waals surface area contributed by atoms with Gasteiger partial charge in [-0.05, 0) is 19.8 Å². The molecule has 86 valence electrons. The van der Waals surface area contributed by atoms with E-state index in [0.717, 1.165) is 48.0 Å². The van der Waals surface area contributed by atoms with E-state index in [4.69, 9.17) is 16.3 Å². The smallest absolute Gasteiger partial charge is 0.161 e. The Bertz CT molecular complexity index is 432. The van der Waals surface area contributed by atoms with Crippen molar-refractivity contribution in [3.63, 3.8) is 0 Å². The van der Waals surface area contributed by atoms with Crippen molar-refractivity contribution in [3.8, 4) is 0 Å². The first-order valence-electron chi connectivity index (χ1n) is 5.46. The van der Waals surface area contributed by atoms with Crippen LogP contribution in [0.3, 0.4) is 0 Å². The fourth-order valence-electron chi connectivity index (χ4n) is 2.20. The number of thioether (sulfide) groups is 1. The van der Waals surface area contributed by atoms with Crippen molar-refractivity contribution in [1.29, 1.82) is 0 Å². The molecule has 0 spiro atoms. The Morgan fingerprint density at radius 1 is 1.38 bits per heavy atom. The molecule has 0 bridgehead atoms. The highest BCUT2D eigenvalue weighted by Crippen LogP contribution is 2.38. The lowest BCUT2D eigenvalue weighted by molar-refractivity contribution is 0.00918. The SMILES string of the molecule is CC1(c2nc(Cl)c3c(n2)CSC3)CCCO1. The summed E-state index contributed by atoms with van der Waals surface area (Å²) in [6.45, 7) is 2.85. The van der Waals surface area contributed by atoms with Crippen LogP contribution in [0.15, 0.2) is 0 Å². The molecule has 1 aromatic rings. The molecule has 0 N–H and O–H groups in total. The van der Waals surface area contributed by atoms with Crippen LogP contribution < -0.4 is 0 Å². The number of ether oxygens (including phenoxy) is 1. The molecule has 0 radical (unpaired) electrons. The van der Waals surface area contributed by atoms with E-state index in [9.17, 15) is 0 Å². The number of halogens is 1. The first-order valence-corrected chi connectivity index (χ1v) is 7.00. The van der Waals surface area contributed by atoms with Crippen LogP contribution in [0.2, 0.25) is 5.15 Å². The van der Waals surface area contributed by atoms with E-state index >= 15 is 0 Å². The maximum atomic E-state index is 6.20. The van der Waals surface area contributed by atoms with Gasteiger partial charge in [-0.15, -0.1) is 0 Å². The van der Waals surface area contributed by atoms with Crippen molar-refractivity contribution in [3.05, 3.63) is 22.2 Å². The molecule has 3 nitrogen and oxygen atoms in total. The lowest BCUT2D eigenvalue weighted by atomic mass is 10.0. The summed E-state index contributed by atoms with van der Waals surface area (Å²) in [6.07, 6.45) is 2.05. The number of rotatable bonds is 1. The zero-order valence-corrected chi connectivity index (χ0v) is 10.7. The van der Waals surface area contributed by atoms with Crippen molar-refractivity contribution in [2.75, 3.05) is 6.61 Å². The average molecular weight is 257 g/mol. The van der Waals surface area contributed by atoms with E-state index in [1.807, 2.05) is 11.8 Å². The molecular weight excluding hydrogens is 244 g/mol. The van der Waals surface area contributed by atoms with Gasteiger partial charge in [-0.1, -0.05) is 11.6 Å². The second kappa shape index (κ2) is 3.86. The van der Waals surface area contributed by atoms with Crippen LogP contribution in [-0.4, -0.2) is 16.6 Å². The molecule has 0 aromatic carbocycles. The normalized spacial score (nSPS) is 28.4. The van der Waals surface area contributed by atoms with Crippen LogP contribution in [0.25, 0.3) is 0 Å². The van der Waals surface area contributed by atoms with E-state index in [1.54, 1.807) is 0 Å². The van der Waals surface area contributed by atoms with Crippen LogP contribution in [-0.2, 0) is 21.8 Å². The Hall–Kier alpha value is -0.320. The zero-order chi connectivity index (χ0) is 11.2. The van der Waals surface area contributed by atoms with Gasteiger partial charge in [-0.25, -0.2) is 9.97 Å². The van der Waals surface area contributed by atoms with Crippen LogP contribution in [0.5, 0.6) is 0 Å². The molecule has 1 fully saturated rings. The molecule has 2 aliphatic heterocycles. The van der Waals surface area contributed by atoms with Crippen LogP contribution in [0, 0.1) is 0 Å². The summed E-state index contributed by atoms with van der Waals surface area (Å²) >= 11 is 8.03. The predicted octanol–water partition coefficient (Wildman–Crippen LogP) is 2.90. The summed E-state index contributed by atoms with van der Waals surface area (Å²) in [5.74, 6) is 2.64. The van der Waals surface area contributed by atoms with Gasteiger partial charge in [0.2, 0.25) is 0 Å². The van der Waals surface area contributed by atoms with E-state index in [0.29, 0.717) is 5.15 Å². The molecule has 0 aliphatic carbocycles. The lowest BCUT2D eigenvalue weighted by Gasteiger charge is -2.22. The Kier molecular flexibility index (Phi) is 2.61. The van der Waals surface area contributed by atoms with Crippen molar-refractivity contribution >= 4 is 23.4 Å². The van der Waals surface area contributed by atoms with Crippen LogP contribution >= 0.6 is 23.4 Å². The Balaban J connectivity index is 2.05. The third-order valence-electron chi connectivity index (χ3n) is 3.22. The fraction of sp³-hybridized carbons (Fsp3) is 0.636. The summed E-state index contributed by atoms with van der Waals surface area (Å²) in [6, 6.07) is 0. The van der Waals surface area contributed by atoms with E-state index in [1.165, 1.54) is 0 Å². The van der Waals surface area contributed by atoms with Crippen LogP contribution in [0.1, 0.15) is 36.8 Å². The second-order valence-corrected chi connectivity index (χ2v) is 5.78. The number of aromatic nitrogens is 2. The third-order valence-corrected chi connectivity index (χ3v) is 4.50. The van der Waals surface area contributed by atoms with Crippen molar-refractivity contribution in [1.82, 2.24) is 9.97 Å². The summed E-state index contributed by atoms with van der Waals surface area (Å²) in [4.78, 5) is 9.04. The summed E-state index contributed by atoms with van der Waals surface area (Å²) in [7, 11) is 0. The highest BCUT2D eigenvalue weighted by atomic mass is 35.5. The number of hydrogen-bond donors (Lipinski definition) is 0. The van der Waals surface area contributed by atoms with Gasteiger partial charge in [0.05, 0.1) is 5.69 Å². The van der Waals surface area contributed by atoms with Gasteiger partial charge in [-0.3, -0.25) is 0 Å². The maximum absolute atomic E-state index is 6.20. The zero-order valence-electron chi connectivity index (χ0n) is 9.12. The molecule has 3 rings (SSSR count). The Morgan fingerprint density at radius 3 is 3.00 bits per heavy atom. The monoisotopic (exact) mass is 256 g/mol.